The predicted octanol–water partition coefficient (Wildman–Crippen LogP) is -0.852. The zero-order valence-corrected chi connectivity index (χ0v) is 8.86. The molecule has 0 aliphatic heterocycles. The fourth-order valence-corrected chi connectivity index (χ4v) is 1.01. The number of rotatable bonds is 5. The molecule has 1 heterocycles. The van der Waals surface area contributed by atoms with Crippen LogP contribution in [0.15, 0.2) is 6.07 Å². The lowest BCUT2D eigenvalue weighted by Crippen LogP contribution is -2.33. The van der Waals surface area contributed by atoms with Crippen molar-refractivity contribution in [1.82, 2.24) is 15.3 Å². The highest BCUT2D eigenvalue weighted by Crippen LogP contribution is 2.13. The Morgan fingerprint density at radius 2 is 2.25 bits per heavy atom. The van der Waals surface area contributed by atoms with Crippen LogP contribution < -0.4 is 26.8 Å². The summed E-state index contributed by atoms with van der Waals surface area (Å²) in [5, 5.41) is 5.36. The van der Waals surface area contributed by atoms with E-state index in [2.05, 4.69) is 20.6 Å². The average Bonchev–Trinajstić information content (AvgIpc) is 2.23. The van der Waals surface area contributed by atoms with Gasteiger partial charge in [0.2, 0.25) is 11.8 Å². The zero-order valence-electron chi connectivity index (χ0n) is 8.86. The molecule has 0 radical (unpaired) electrons. The number of hydrogen-bond donors (Lipinski definition) is 4. The molecule has 0 bridgehead atoms. The maximum absolute atomic E-state index is 10.4. The number of amides is 2. The lowest BCUT2D eigenvalue weighted by Gasteiger charge is -2.07. The van der Waals surface area contributed by atoms with Gasteiger partial charge in [-0.3, -0.25) is 0 Å². The van der Waals surface area contributed by atoms with E-state index in [1.165, 1.54) is 7.11 Å². The van der Waals surface area contributed by atoms with E-state index in [9.17, 15) is 4.79 Å². The van der Waals surface area contributed by atoms with Crippen LogP contribution in [0.5, 0.6) is 5.88 Å². The zero-order chi connectivity index (χ0) is 12.0. The predicted molar refractivity (Wildman–Crippen MR) is 59.1 cm³/mol. The van der Waals surface area contributed by atoms with Crippen molar-refractivity contribution in [2.75, 3.05) is 31.2 Å². The van der Waals surface area contributed by atoms with Crippen molar-refractivity contribution < 1.29 is 9.53 Å². The number of urea groups is 1. The number of nitrogens with zero attached hydrogens (tertiary/aromatic N) is 2. The van der Waals surface area contributed by atoms with Crippen LogP contribution >= 0.6 is 0 Å². The van der Waals surface area contributed by atoms with E-state index < -0.39 is 6.03 Å². The van der Waals surface area contributed by atoms with E-state index in [1.807, 2.05) is 0 Å². The number of methoxy groups -OCH3 is 1. The van der Waals surface area contributed by atoms with Crippen molar-refractivity contribution in [3.8, 4) is 5.88 Å². The molecule has 1 rings (SSSR count). The van der Waals surface area contributed by atoms with Crippen LogP contribution in [-0.4, -0.2) is 36.2 Å². The second kappa shape index (κ2) is 5.59. The molecule has 0 aliphatic rings. The quantitative estimate of drug-likeness (QED) is 0.484. The minimum atomic E-state index is -0.568. The summed E-state index contributed by atoms with van der Waals surface area (Å²) in [7, 11) is 1.49. The van der Waals surface area contributed by atoms with E-state index >= 15 is 0 Å². The van der Waals surface area contributed by atoms with Crippen LogP contribution in [0.3, 0.4) is 0 Å². The number of nitrogens with two attached hydrogens (primary N) is 2. The van der Waals surface area contributed by atoms with Crippen LogP contribution in [0, 0.1) is 0 Å². The van der Waals surface area contributed by atoms with E-state index in [1.54, 1.807) is 6.07 Å². The average molecular weight is 226 g/mol. The van der Waals surface area contributed by atoms with Gasteiger partial charge in [0.05, 0.1) is 7.11 Å². The molecular weight excluding hydrogens is 212 g/mol. The molecule has 0 fully saturated rings. The van der Waals surface area contributed by atoms with Crippen LogP contribution in [-0.2, 0) is 0 Å². The van der Waals surface area contributed by atoms with E-state index in [0.717, 1.165) is 0 Å². The Labute approximate surface area is 92.4 Å². The molecule has 0 aromatic carbocycles. The van der Waals surface area contributed by atoms with Crippen molar-refractivity contribution in [1.29, 1.82) is 0 Å². The highest BCUT2D eigenvalue weighted by atomic mass is 16.5. The normalized spacial score (nSPS) is 9.56. The van der Waals surface area contributed by atoms with Gasteiger partial charge in [0, 0.05) is 19.2 Å². The second-order valence-corrected chi connectivity index (χ2v) is 2.87. The van der Waals surface area contributed by atoms with E-state index in [0.29, 0.717) is 24.8 Å². The Morgan fingerprint density at radius 1 is 1.50 bits per heavy atom. The molecule has 1 aromatic rings. The van der Waals surface area contributed by atoms with E-state index in [-0.39, 0.29) is 5.95 Å². The number of carbonyl (C=O) groups is 1. The van der Waals surface area contributed by atoms with Crippen LogP contribution in [0.4, 0.5) is 16.6 Å². The molecule has 88 valence electrons. The van der Waals surface area contributed by atoms with Gasteiger partial charge >= 0.3 is 6.03 Å². The van der Waals surface area contributed by atoms with Gasteiger partial charge in [-0.15, -0.1) is 0 Å². The van der Waals surface area contributed by atoms with Gasteiger partial charge in [0.15, 0.2) is 0 Å². The first-order chi connectivity index (χ1) is 7.61. The summed E-state index contributed by atoms with van der Waals surface area (Å²) in [4.78, 5) is 18.1. The summed E-state index contributed by atoms with van der Waals surface area (Å²) in [6, 6.07) is 1.03. The molecule has 16 heavy (non-hydrogen) atoms. The van der Waals surface area contributed by atoms with Crippen LogP contribution in [0.1, 0.15) is 0 Å². The SMILES string of the molecule is COc1cc(NCCNC(N)=O)nc(N)n1. The van der Waals surface area contributed by atoms with Crippen molar-refractivity contribution in [3.63, 3.8) is 0 Å². The van der Waals surface area contributed by atoms with Crippen LogP contribution in [0.25, 0.3) is 0 Å². The van der Waals surface area contributed by atoms with Crippen molar-refractivity contribution in [2.45, 2.75) is 0 Å². The summed E-state index contributed by atoms with van der Waals surface area (Å²) in [6.45, 7) is 0.865. The largest absolute Gasteiger partial charge is 0.481 e. The van der Waals surface area contributed by atoms with Gasteiger partial charge in [-0.05, 0) is 0 Å². The van der Waals surface area contributed by atoms with Gasteiger partial charge in [0.1, 0.15) is 5.82 Å². The Morgan fingerprint density at radius 3 is 2.88 bits per heavy atom. The number of carbonyl (C=O) groups excluding carboxylic acids is 1. The molecule has 0 saturated heterocycles. The number of nitrogen functional groups attached to an aromatic ring is 1. The maximum atomic E-state index is 10.4. The van der Waals surface area contributed by atoms with Gasteiger partial charge < -0.3 is 26.8 Å². The third-order valence-electron chi connectivity index (χ3n) is 1.66. The summed E-state index contributed by atoms with van der Waals surface area (Å²) >= 11 is 0. The number of ether oxygens (including phenoxy) is 1. The molecule has 0 saturated carbocycles. The van der Waals surface area contributed by atoms with Crippen molar-refractivity contribution >= 4 is 17.8 Å². The lowest BCUT2D eigenvalue weighted by molar-refractivity contribution is 0.249. The first kappa shape index (κ1) is 11.8. The minimum Gasteiger partial charge on any atom is -0.481 e. The molecule has 0 spiro atoms. The minimum absolute atomic E-state index is 0.115. The molecule has 2 amide bonds. The Bertz CT molecular complexity index is 370. The highest BCUT2D eigenvalue weighted by Gasteiger charge is 2.01. The van der Waals surface area contributed by atoms with E-state index in [4.69, 9.17) is 16.2 Å². The van der Waals surface area contributed by atoms with Gasteiger partial charge in [-0.25, -0.2) is 4.79 Å². The summed E-state index contributed by atoms with van der Waals surface area (Å²) in [5.74, 6) is 1.01. The Kier molecular flexibility index (Phi) is 4.13. The topological polar surface area (TPSA) is 128 Å². The molecular formula is C8H14N6O2. The number of primary amides is 1. The molecule has 0 unspecified atom stereocenters. The number of hydrogen-bond acceptors (Lipinski definition) is 6. The molecule has 8 nitrogen and oxygen atoms in total. The molecule has 0 aliphatic carbocycles. The fourth-order valence-electron chi connectivity index (χ4n) is 1.01. The summed E-state index contributed by atoms with van der Waals surface area (Å²) < 4.78 is 4.92. The lowest BCUT2D eigenvalue weighted by atomic mass is 10.5. The highest BCUT2D eigenvalue weighted by molar-refractivity contribution is 5.71. The third-order valence-corrected chi connectivity index (χ3v) is 1.66. The maximum Gasteiger partial charge on any atom is 0.312 e. The standard InChI is InChI=1S/C8H14N6O2/c1-16-6-4-5(13-7(9)14-6)11-2-3-12-8(10)15/h4H,2-3H2,1H3,(H3,10,12,15)(H3,9,11,13,14). The van der Waals surface area contributed by atoms with Crippen LogP contribution in [0.2, 0.25) is 0 Å². The summed E-state index contributed by atoms with van der Waals surface area (Å²) in [6.07, 6.45) is 0. The third kappa shape index (κ3) is 3.86. The van der Waals surface area contributed by atoms with Crippen molar-refractivity contribution in [2.24, 2.45) is 5.73 Å². The Hall–Kier alpha value is -2.25. The molecule has 8 heteroatoms. The molecule has 1 aromatic heterocycles. The number of anilines is 2. The Balaban J connectivity index is 2.47. The number of nitrogens with one attached hydrogen (secondary N) is 2. The second-order valence-electron chi connectivity index (χ2n) is 2.87. The summed E-state index contributed by atoms with van der Waals surface area (Å²) in [5.41, 5.74) is 10.4. The molecule has 0 atom stereocenters. The molecule has 6 N–H and O–H groups in total. The number of aromatic nitrogens is 2. The van der Waals surface area contributed by atoms with Gasteiger partial charge in [-0.2, -0.15) is 9.97 Å². The van der Waals surface area contributed by atoms with Crippen molar-refractivity contribution in [3.05, 3.63) is 6.07 Å². The fraction of sp³-hybridized carbons (Fsp3) is 0.375. The smallest absolute Gasteiger partial charge is 0.312 e. The first-order valence-corrected chi connectivity index (χ1v) is 4.57. The van der Waals surface area contributed by atoms with Gasteiger partial charge in [0.25, 0.3) is 0 Å². The monoisotopic (exact) mass is 226 g/mol. The van der Waals surface area contributed by atoms with Gasteiger partial charge in [-0.1, -0.05) is 0 Å². The first-order valence-electron chi connectivity index (χ1n) is 4.57.